The van der Waals surface area contributed by atoms with Crippen molar-refractivity contribution in [2.24, 2.45) is 0 Å². The van der Waals surface area contributed by atoms with Crippen LogP contribution in [0, 0.1) is 0 Å². The standard InChI is InChI=1S/C19H25NO3/c1-20-10-9-18-12-14(21)7-8-19(18,23-3)16(20)11-13-5-4-6-15(22-2)17(13)18/h4-6,16H,7-12H2,1-3H3/t16?,18-,19+/m0/s1. The Morgan fingerprint density at radius 1 is 1.26 bits per heavy atom. The quantitative estimate of drug-likeness (QED) is 0.840. The number of fused-ring (bicyclic) bond motifs is 1. The monoisotopic (exact) mass is 315 g/mol. The third kappa shape index (κ3) is 1.76. The Kier molecular flexibility index (Phi) is 3.33. The first kappa shape index (κ1) is 15.2. The van der Waals surface area contributed by atoms with Gasteiger partial charge in [-0.1, -0.05) is 12.1 Å². The number of Topliss-reactive ketones (excluding diaryl/α,β-unsaturated/α-hetero) is 1. The number of ether oxygens (including phenoxy) is 2. The molecule has 4 nitrogen and oxygen atoms in total. The third-order valence-electron chi connectivity index (χ3n) is 6.63. The summed E-state index contributed by atoms with van der Waals surface area (Å²) in [6, 6.07) is 6.62. The van der Waals surface area contributed by atoms with Crippen molar-refractivity contribution in [1.29, 1.82) is 0 Å². The van der Waals surface area contributed by atoms with Gasteiger partial charge >= 0.3 is 0 Å². The zero-order chi connectivity index (χ0) is 16.2. The van der Waals surface area contributed by atoms with Gasteiger partial charge in [-0.3, -0.25) is 4.79 Å². The number of nitrogens with zero attached hydrogens (tertiary/aromatic N) is 1. The maximum absolute atomic E-state index is 12.5. The van der Waals surface area contributed by atoms with E-state index in [1.807, 2.05) is 13.2 Å². The fourth-order valence-corrected chi connectivity index (χ4v) is 5.65. The molecule has 4 rings (SSSR count). The Balaban J connectivity index is 2.02. The minimum absolute atomic E-state index is 0.242. The first-order chi connectivity index (χ1) is 11.1. The Labute approximate surface area is 137 Å². The molecule has 0 spiro atoms. The van der Waals surface area contributed by atoms with Crippen molar-refractivity contribution in [1.82, 2.24) is 4.90 Å². The molecule has 23 heavy (non-hydrogen) atoms. The highest BCUT2D eigenvalue weighted by atomic mass is 16.5. The first-order valence-electron chi connectivity index (χ1n) is 8.51. The molecule has 4 heteroatoms. The summed E-state index contributed by atoms with van der Waals surface area (Å²) in [4.78, 5) is 14.9. The number of benzene rings is 1. The molecule has 1 aliphatic heterocycles. The van der Waals surface area contributed by atoms with Crippen LogP contribution in [-0.4, -0.2) is 50.1 Å². The molecule has 2 aliphatic carbocycles. The van der Waals surface area contributed by atoms with Gasteiger partial charge in [-0.25, -0.2) is 0 Å². The van der Waals surface area contributed by atoms with Crippen molar-refractivity contribution < 1.29 is 14.3 Å². The highest BCUT2D eigenvalue weighted by Gasteiger charge is 2.66. The van der Waals surface area contributed by atoms with E-state index in [9.17, 15) is 4.79 Å². The second-order valence-corrected chi connectivity index (χ2v) is 7.34. The SMILES string of the molecule is COc1cccc2c1[C@@]13CCN(C)C(C2)[C@]1(OC)CCC(=O)C3. The van der Waals surface area contributed by atoms with Gasteiger partial charge in [0.2, 0.25) is 0 Å². The molecule has 1 unspecified atom stereocenters. The van der Waals surface area contributed by atoms with Crippen molar-refractivity contribution in [2.75, 3.05) is 27.8 Å². The number of piperidine rings is 1. The topological polar surface area (TPSA) is 38.8 Å². The molecule has 1 aromatic rings. The van der Waals surface area contributed by atoms with E-state index in [0.29, 0.717) is 24.7 Å². The van der Waals surface area contributed by atoms with E-state index in [2.05, 4.69) is 24.1 Å². The van der Waals surface area contributed by atoms with Crippen LogP contribution in [0.4, 0.5) is 0 Å². The zero-order valence-corrected chi connectivity index (χ0v) is 14.2. The molecule has 1 aromatic carbocycles. The smallest absolute Gasteiger partial charge is 0.134 e. The number of likely N-dealkylation sites (N-methyl/N-ethyl adjacent to an activating group) is 1. The lowest BCUT2D eigenvalue weighted by atomic mass is 9.49. The van der Waals surface area contributed by atoms with Crippen LogP contribution in [-0.2, 0) is 21.4 Å². The number of hydrogen-bond donors (Lipinski definition) is 0. The number of hydrogen-bond acceptors (Lipinski definition) is 4. The van der Waals surface area contributed by atoms with Crippen LogP contribution in [0.3, 0.4) is 0 Å². The Morgan fingerprint density at radius 2 is 2.09 bits per heavy atom. The predicted molar refractivity (Wildman–Crippen MR) is 88.0 cm³/mol. The summed E-state index contributed by atoms with van der Waals surface area (Å²) in [5.74, 6) is 1.28. The largest absolute Gasteiger partial charge is 0.496 e. The molecular formula is C19H25NO3. The number of carbonyl (C=O) groups excluding carboxylic acids is 1. The fourth-order valence-electron chi connectivity index (χ4n) is 5.65. The molecule has 2 fully saturated rings. The normalized spacial score (nSPS) is 36.3. The highest BCUT2D eigenvalue weighted by Crippen LogP contribution is 2.60. The van der Waals surface area contributed by atoms with Crippen LogP contribution < -0.4 is 4.74 Å². The molecule has 1 saturated carbocycles. The summed E-state index contributed by atoms with van der Waals surface area (Å²) >= 11 is 0. The summed E-state index contributed by atoms with van der Waals surface area (Å²) in [7, 11) is 5.75. The molecule has 124 valence electrons. The van der Waals surface area contributed by atoms with Crippen LogP contribution in [0.15, 0.2) is 18.2 Å². The maximum atomic E-state index is 12.5. The average Bonchev–Trinajstić information content (AvgIpc) is 2.57. The molecule has 0 amide bonds. The minimum Gasteiger partial charge on any atom is -0.496 e. The molecule has 0 radical (unpaired) electrons. The second-order valence-electron chi connectivity index (χ2n) is 7.34. The summed E-state index contributed by atoms with van der Waals surface area (Å²) < 4.78 is 12.0. The molecular weight excluding hydrogens is 290 g/mol. The Morgan fingerprint density at radius 3 is 2.83 bits per heavy atom. The number of rotatable bonds is 2. The van der Waals surface area contributed by atoms with Gasteiger partial charge < -0.3 is 14.4 Å². The Bertz CT molecular complexity index is 658. The third-order valence-corrected chi connectivity index (χ3v) is 6.63. The second kappa shape index (κ2) is 5.05. The molecule has 1 heterocycles. The van der Waals surface area contributed by atoms with E-state index in [-0.39, 0.29) is 11.0 Å². The van der Waals surface area contributed by atoms with E-state index in [1.54, 1.807) is 7.11 Å². The lowest BCUT2D eigenvalue weighted by Crippen LogP contribution is -2.73. The number of likely N-dealkylation sites (tertiary alicyclic amines) is 1. The van der Waals surface area contributed by atoms with E-state index >= 15 is 0 Å². The van der Waals surface area contributed by atoms with Gasteiger partial charge in [0.25, 0.3) is 0 Å². The molecule has 0 N–H and O–H groups in total. The molecule has 3 atom stereocenters. The minimum atomic E-state index is -0.282. The van der Waals surface area contributed by atoms with Crippen molar-refractivity contribution in [3.8, 4) is 5.75 Å². The first-order valence-corrected chi connectivity index (χ1v) is 8.51. The lowest BCUT2D eigenvalue weighted by Gasteiger charge is -2.64. The number of carbonyl (C=O) groups is 1. The van der Waals surface area contributed by atoms with Crippen LogP contribution in [0.2, 0.25) is 0 Å². The van der Waals surface area contributed by atoms with E-state index in [4.69, 9.17) is 9.47 Å². The van der Waals surface area contributed by atoms with Crippen molar-refractivity contribution in [3.63, 3.8) is 0 Å². The van der Waals surface area contributed by atoms with Gasteiger partial charge in [-0.15, -0.1) is 0 Å². The van der Waals surface area contributed by atoms with Gasteiger partial charge in [-0.2, -0.15) is 0 Å². The maximum Gasteiger partial charge on any atom is 0.134 e. The summed E-state index contributed by atoms with van der Waals surface area (Å²) in [6.07, 6.45) is 3.94. The molecule has 0 aromatic heterocycles. The summed E-state index contributed by atoms with van der Waals surface area (Å²) in [5, 5.41) is 0. The molecule has 1 saturated heterocycles. The van der Waals surface area contributed by atoms with Crippen LogP contribution >= 0.6 is 0 Å². The van der Waals surface area contributed by atoms with E-state index in [0.717, 1.165) is 31.6 Å². The van der Waals surface area contributed by atoms with Gasteiger partial charge in [0.05, 0.1) is 12.7 Å². The van der Waals surface area contributed by atoms with Crippen molar-refractivity contribution >= 4 is 5.78 Å². The number of methoxy groups -OCH3 is 2. The lowest BCUT2D eigenvalue weighted by molar-refractivity contribution is -0.183. The van der Waals surface area contributed by atoms with Gasteiger partial charge in [0, 0.05) is 37.0 Å². The van der Waals surface area contributed by atoms with Gasteiger partial charge in [-0.05, 0) is 44.5 Å². The van der Waals surface area contributed by atoms with E-state index < -0.39 is 0 Å². The fraction of sp³-hybridized carbons (Fsp3) is 0.632. The van der Waals surface area contributed by atoms with Crippen molar-refractivity contribution in [2.45, 2.75) is 49.2 Å². The molecule has 3 aliphatic rings. The van der Waals surface area contributed by atoms with Crippen LogP contribution in [0.1, 0.15) is 36.8 Å². The summed E-state index contributed by atoms with van der Waals surface area (Å²) in [6.45, 7) is 1.00. The van der Waals surface area contributed by atoms with Crippen molar-refractivity contribution in [3.05, 3.63) is 29.3 Å². The van der Waals surface area contributed by atoms with Crippen LogP contribution in [0.5, 0.6) is 5.75 Å². The van der Waals surface area contributed by atoms with E-state index in [1.165, 1.54) is 11.1 Å². The predicted octanol–water partition coefficient (Wildman–Crippen LogP) is 2.33. The Hall–Kier alpha value is -1.39. The van der Waals surface area contributed by atoms with Gasteiger partial charge in [0.1, 0.15) is 11.5 Å². The highest BCUT2D eigenvalue weighted by molar-refractivity contribution is 5.83. The zero-order valence-electron chi connectivity index (χ0n) is 14.2. The average molecular weight is 315 g/mol. The van der Waals surface area contributed by atoms with Gasteiger partial charge in [0.15, 0.2) is 0 Å². The van der Waals surface area contributed by atoms with Crippen LogP contribution in [0.25, 0.3) is 0 Å². The summed E-state index contributed by atoms with van der Waals surface area (Å²) in [5.41, 5.74) is 2.04. The molecule has 2 bridgehead atoms. The number of ketones is 1.